The minimum Gasteiger partial charge on any atom is -0.325 e. The molecule has 2 fully saturated rings. The zero-order valence-electron chi connectivity index (χ0n) is 11.1. The van der Waals surface area contributed by atoms with Crippen LogP contribution in [0.1, 0.15) is 51.4 Å². The summed E-state index contributed by atoms with van der Waals surface area (Å²) in [5.74, 6) is 0. The van der Waals surface area contributed by atoms with Crippen LogP contribution in [-0.4, -0.2) is 41.5 Å². The van der Waals surface area contributed by atoms with Crippen molar-refractivity contribution in [1.82, 2.24) is 9.80 Å². The normalized spacial score (nSPS) is 21.4. The van der Waals surface area contributed by atoms with Gasteiger partial charge in [0.05, 0.1) is 6.07 Å². The summed E-state index contributed by atoms with van der Waals surface area (Å²) < 4.78 is 0. The molecule has 0 radical (unpaired) electrons. The van der Waals surface area contributed by atoms with E-state index in [0.717, 1.165) is 38.8 Å². The van der Waals surface area contributed by atoms with Gasteiger partial charge >= 0.3 is 6.03 Å². The molecule has 0 aromatic carbocycles. The fourth-order valence-electron chi connectivity index (χ4n) is 3.09. The molecular formula is C14H23N3O. The molecule has 0 atom stereocenters. The predicted molar refractivity (Wildman–Crippen MR) is 70.0 cm³/mol. The largest absolute Gasteiger partial charge is 0.325 e. The first-order valence-electron chi connectivity index (χ1n) is 7.25. The summed E-state index contributed by atoms with van der Waals surface area (Å²) >= 11 is 0. The van der Waals surface area contributed by atoms with Crippen molar-refractivity contribution in [2.24, 2.45) is 0 Å². The molecule has 0 N–H and O–H groups in total. The number of nitrogens with zero attached hydrogens (tertiary/aromatic N) is 3. The number of rotatable bonds is 2. The van der Waals surface area contributed by atoms with E-state index in [1.807, 2.05) is 9.80 Å². The Labute approximate surface area is 110 Å². The maximum Gasteiger partial charge on any atom is 0.321 e. The van der Waals surface area contributed by atoms with Gasteiger partial charge in [-0.3, -0.25) is 0 Å². The average molecular weight is 249 g/mol. The standard InChI is InChI=1S/C14H23N3O/c15-9-12-17(13-7-3-4-8-13)14(18)16-10-5-1-2-6-11-16/h13H,1-8,10-12H2. The quantitative estimate of drug-likeness (QED) is 0.706. The summed E-state index contributed by atoms with van der Waals surface area (Å²) in [7, 11) is 0. The van der Waals surface area contributed by atoms with E-state index in [4.69, 9.17) is 5.26 Å². The number of carbonyl (C=O) groups is 1. The van der Waals surface area contributed by atoms with Gasteiger partial charge in [-0.1, -0.05) is 25.7 Å². The van der Waals surface area contributed by atoms with E-state index in [1.54, 1.807) is 0 Å². The Kier molecular flexibility index (Phi) is 4.86. The van der Waals surface area contributed by atoms with Crippen LogP contribution in [0.25, 0.3) is 0 Å². The van der Waals surface area contributed by atoms with E-state index in [1.165, 1.54) is 25.7 Å². The number of hydrogen-bond donors (Lipinski definition) is 0. The minimum atomic E-state index is 0.102. The fourth-order valence-corrected chi connectivity index (χ4v) is 3.09. The second-order valence-electron chi connectivity index (χ2n) is 5.41. The Morgan fingerprint density at radius 1 is 1.11 bits per heavy atom. The predicted octanol–water partition coefficient (Wildman–Crippen LogP) is 2.75. The average Bonchev–Trinajstić information content (AvgIpc) is 2.77. The van der Waals surface area contributed by atoms with Crippen molar-refractivity contribution < 1.29 is 4.79 Å². The number of hydrogen-bond acceptors (Lipinski definition) is 2. The van der Waals surface area contributed by atoms with E-state index in [9.17, 15) is 4.79 Å². The molecule has 1 aliphatic heterocycles. The Balaban J connectivity index is 1.99. The first kappa shape index (κ1) is 13.2. The highest BCUT2D eigenvalue weighted by molar-refractivity contribution is 5.75. The van der Waals surface area contributed by atoms with Crippen LogP contribution in [-0.2, 0) is 0 Å². The van der Waals surface area contributed by atoms with Crippen LogP contribution in [0.2, 0.25) is 0 Å². The lowest BCUT2D eigenvalue weighted by Crippen LogP contribution is -2.47. The zero-order chi connectivity index (χ0) is 12.8. The van der Waals surface area contributed by atoms with Crippen molar-refractivity contribution >= 4 is 6.03 Å². The lowest BCUT2D eigenvalue weighted by atomic mass is 10.2. The summed E-state index contributed by atoms with van der Waals surface area (Å²) in [5, 5.41) is 8.94. The lowest BCUT2D eigenvalue weighted by molar-refractivity contribution is 0.142. The number of nitriles is 1. The fraction of sp³-hybridized carbons (Fsp3) is 0.857. The molecule has 18 heavy (non-hydrogen) atoms. The molecule has 2 aliphatic rings. The van der Waals surface area contributed by atoms with Crippen molar-refractivity contribution in [2.45, 2.75) is 57.4 Å². The topological polar surface area (TPSA) is 47.3 Å². The van der Waals surface area contributed by atoms with Crippen molar-refractivity contribution in [3.63, 3.8) is 0 Å². The van der Waals surface area contributed by atoms with Gasteiger partial charge in [-0.15, -0.1) is 0 Å². The van der Waals surface area contributed by atoms with Gasteiger partial charge in [0.2, 0.25) is 0 Å². The molecule has 0 aromatic rings. The molecule has 1 aliphatic carbocycles. The number of amides is 2. The van der Waals surface area contributed by atoms with Gasteiger partial charge in [-0.2, -0.15) is 5.26 Å². The highest BCUT2D eigenvalue weighted by Crippen LogP contribution is 2.24. The van der Waals surface area contributed by atoms with Crippen molar-refractivity contribution in [2.75, 3.05) is 19.6 Å². The third-order valence-corrected chi connectivity index (χ3v) is 4.13. The molecule has 2 amide bonds. The highest BCUT2D eigenvalue weighted by atomic mass is 16.2. The van der Waals surface area contributed by atoms with Gasteiger partial charge in [0.15, 0.2) is 0 Å². The molecule has 100 valence electrons. The molecule has 4 heteroatoms. The van der Waals surface area contributed by atoms with Crippen molar-refractivity contribution in [3.05, 3.63) is 0 Å². The molecule has 0 bridgehead atoms. The SMILES string of the molecule is N#CCN(C(=O)N1CCCCCC1)C1CCCC1. The maximum absolute atomic E-state index is 12.5. The Morgan fingerprint density at radius 3 is 2.28 bits per heavy atom. The summed E-state index contributed by atoms with van der Waals surface area (Å²) in [6, 6.07) is 2.57. The first-order valence-corrected chi connectivity index (χ1v) is 7.25. The van der Waals surface area contributed by atoms with E-state index >= 15 is 0 Å². The lowest BCUT2D eigenvalue weighted by Gasteiger charge is -2.32. The molecule has 2 rings (SSSR count). The summed E-state index contributed by atoms with van der Waals surface area (Å²) in [6.45, 7) is 1.99. The van der Waals surface area contributed by atoms with Gasteiger partial charge in [0, 0.05) is 19.1 Å². The summed E-state index contributed by atoms with van der Waals surface area (Å²) in [5.41, 5.74) is 0. The highest BCUT2D eigenvalue weighted by Gasteiger charge is 2.29. The molecule has 4 nitrogen and oxygen atoms in total. The van der Waals surface area contributed by atoms with Crippen LogP contribution in [0, 0.1) is 11.3 Å². The van der Waals surface area contributed by atoms with E-state index in [0.29, 0.717) is 6.04 Å². The molecule has 1 saturated heterocycles. The van der Waals surface area contributed by atoms with Gasteiger partial charge in [-0.05, 0) is 25.7 Å². The van der Waals surface area contributed by atoms with Crippen LogP contribution in [0.15, 0.2) is 0 Å². The Morgan fingerprint density at radius 2 is 1.72 bits per heavy atom. The van der Waals surface area contributed by atoms with Crippen LogP contribution in [0.5, 0.6) is 0 Å². The number of likely N-dealkylation sites (tertiary alicyclic amines) is 1. The summed E-state index contributed by atoms with van der Waals surface area (Å²) in [6.07, 6.45) is 9.20. The third kappa shape index (κ3) is 3.16. The molecule has 0 spiro atoms. The van der Waals surface area contributed by atoms with Gasteiger partial charge in [0.1, 0.15) is 6.54 Å². The molecule has 0 unspecified atom stereocenters. The number of carbonyl (C=O) groups excluding carboxylic acids is 1. The zero-order valence-corrected chi connectivity index (χ0v) is 11.1. The molecule has 1 heterocycles. The van der Waals surface area contributed by atoms with Gasteiger partial charge in [-0.25, -0.2) is 4.79 Å². The molecular weight excluding hydrogens is 226 g/mol. The molecule has 1 saturated carbocycles. The Hall–Kier alpha value is -1.24. The minimum absolute atomic E-state index is 0.102. The monoisotopic (exact) mass is 249 g/mol. The number of urea groups is 1. The van der Waals surface area contributed by atoms with E-state index < -0.39 is 0 Å². The third-order valence-electron chi connectivity index (χ3n) is 4.13. The van der Waals surface area contributed by atoms with Crippen molar-refractivity contribution in [1.29, 1.82) is 5.26 Å². The van der Waals surface area contributed by atoms with E-state index in [-0.39, 0.29) is 12.6 Å². The Bertz CT molecular complexity index is 309. The van der Waals surface area contributed by atoms with Gasteiger partial charge < -0.3 is 9.80 Å². The van der Waals surface area contributed by atoms with Crippen LogP contribution in [0.4, 0.5) is 4.79 Å². The van der Waals surface area contributed by atoms with Crippen LogP contribution < -0.4 is 0 Å². The van der Waals surface area contributed by atoms with Crippen LogP contribution >= 0.6 is 0 Å². The molecule has 0 aromatic heterocycles. The maximum atomic E-state index is 12.5. The van der Waals surface area contributed by atoms with Crippen LogP contribution in [0.3, 0.4) is 0 Å². The van der Waals surface area contributed by atoms with E-state index in [2.05, 4.69) is 6.07 Å². The summed E-state index contributed by atoms with van der Waals surface area (Å²) in [4.78, 5) is 16.3. The first-order chi connectivity index (χ1) is 8.83. The smallest absolute Gasteiger partial charge is 0.321 e. The second-order valence-corrected chi connectivity index (χ2v) is 5.41. The van der Waals surface area contributed by atoms with Crippen molar-refractivity contribution in [3.8, 4) is 6.07 Å². The van der Waals surface area contributed by atoms with Gasteiger partial charge in [0.25, 0.3) is 0 Å². The second kappa shape index (κ2) is 6.63.